The van der Waals surface area contributed by atoms with Crippen molar-refractivity contribution in [3.63, 3.8) is 0 Å². The highest BCUT2D eigenvalue weighted by atomic mass is 16.1. The molecule has 102 valence electrons. The van der Waals surface area contributed by atoms with Crippen LogP contribution in [-0.4, -0.2) is 20.9 Å². The number of aromatic nitrogens is 3. The van der Waals surface area contributed by atoms with Crippen LogP contribution in [0.5, 0.6) is 0 Å². The fraction of sp³-hybridized carbons (Fsp3) is 0.200. The number of aromatic amines is 2. The van der Waals surface area contributed by atoms with Crippen molar-refractivity contribution in [2.75, 3.05) is 0 Å². The molecule has 2 heterocycles. The summed E-state index contributed by atoms with van der Waals surface area (Å²) in [6.07, 6.45) is 3.90. The number of para-hydroxylation sites is 1. The second-order valence-electron chi connectivity index (χ2n) is 4.79. The van der Waals surface area contributed by atoms with Crippen LogP contribution in [0.3, 0.4) is 0 Å². The van der Waals surface area contributed by atoms with E-state index in [1.54, 1.807) is 6.33 Å². The molecule has 3 rings (SSSR count). The lowest BCUT2D eigenvalue weighted by Gasteiger charge is -2.03. The fourth-order valence-corrected chi connectivity index (χ4v) is 2.26. The van der Waals surface area contributed by atoms with Crippen molar-refractivity contribution in [2.24, 2.45) is 0 Å². The molecule has 0 aliphatic carbocycles. The third kappa shape index (κ3) is 2.42. The summed E-state index contributed by atoms with van der Waals surface area (Å²) < 4.78 is 0. The highest BCUT2D eigenvalue weighted by Gasteiger charge is 2.09. The van der Waals surface area contributed by atoms with Gasteiger partial charge in [0.25, 0.3) is 0 Å². The van der Waals surface area contributed by atoms with Crippen LogP contribution < -0.4 is 5.32 Å². The molecule has 0 atom stereocenters. The van der Waals surface area contributed by atoms with Crippen molar-refractivity contribution >= 4 is 16.8 Å². The maximum absolute atomic E-state index is 12.0. The van der Waals surface area contributed by atoms with Crippen LogP contribution in [0.15, 0.2) is 36.8 Å². The minimum Gasteiger partial charge on any atom is -0.361 e. The number of imidazole rings is 1. The Kier molecular flexibility index (Phi) is 3.25. The maximum atomic E-state index is 12.0. The molecular formula is C15H16N4O. The first-order valence-corrected chi connectivity index (χ1v) is 6.54. The van der Waals surface area contributed by atoms with Gasteiger partial charge >= 0.3 is 0 Å². The molecule has 0 bridgehead atoms. The average molecular weight is 268 g/mol. The second-order valence-corrected chi connectivity index (χ2v) is 4.79. The molecule has 0 aliphatic heterocycles. The molecule has 0 saturated heterocycles. The quantitative estimate of drug-likeness (QED) is 0.677. The van der Waals surface area contributed by atoms with E-state index in [-0.39, 0.29) is 5.91 Å². The Hall–Kier alpha value is -2.56. The van der Waals surface area contributed by atoms with E-state index in [9.17, 15) is 4.79 Å². The lowest BCUT2D eigenvalue weighted by atomic mass is 10.1. The van der Waals surface area contributed by atoms with Gasteiger partial charge in [0.05, 0.1) is 25.0 Å². The van der Waals surface area contributed by atoms with Gasteiger partial charge in [-0.25, -0.2) is 4.98 Å². The fourth-order valence-electron chi connectivity index (χ4n) is 2.26. The van der Waals surface area contributed by atoms with Crippen LogP contribution in [0.4, 0.5) is 0 Å². The Labute approximate surface area is 116 Å². The zero-order valence-electron chi connectivity index (χ0n) is 11.2. The van der Waals surface area contributed by atoms with Crippen molar-refractivity contribution in [3.05, 3.63) is 53.7 Å². The van der Waals surface area contributed by atoms with Gasteiger partial charge in [-0.1, -0.05) is 18.2 Å². The van der Waals surface area contributed by atoms with Crippen molar-refractivity contribution in [1.29, 1.82) is 0 Å². The first-order chi connectivity index (χ1) is 9.74. The van der Waals surface area contributed by atoms with Crippen LogP contribution in [0.25, 0.3) is 10.9 Å². The molecule has 5 nitrogen and oxygen atoms in total. The van der Waals surface area contributed by atoms with Crippen molar-refractivity contribution in [3.8, 4) is 0 Å². The minimum absolute atomic E-state index is 0.00264. The van der Waals surface area contributed by atoms with Crippen LogP contribution in [0, 0.1) is 6.92 Å². The van der Waals surface area contributed by atoms with E-state index in [1.807, 2.05) is 37.4 Å². The third-order valence-electron chi connectivity index (χ3n) is 3.41. The molecule has 0 saturated carbocycles. The molecule has 0 radical (unpaired) electrons. The van der Waals surface area contributed by atoms with Crippen molar-refractivity contribution < 1.29 is 4.79 Å². The van der Waals surface area contributed by atoms with Gasteiger partial charge in [-0.05, 0) is 18.6 Å². The van der Waals surface area contributed by atoms with E-state index in [1.165, 1.54) is 0 Å². The summed E-state index contributed by atoms with van der Waals surface area (Å²) >= 11 is 0. The third-order valence-corrected chi connectivity index (χ3v) is 3.41. The van der Waals surface area contributed by atoms with Crippen molar-refractivity contribution in [1.82, 2.24) is 20.3 Å². The summed E-state index contributed by atoms with van der Waals surface area (Å²) in [7, 11) is 0. The Morgan fingerprint density at radius 1 is 1.30 bits per heavy atom. The zero-order chi connectivity index (χ0) is 13.9. The topological polar surface area (TPSA) is 73.6 Å². The molecule has 0 spiro atoms. The SMILES string of the molecule is Cc1[nH]cnc1CNC(=O)Cc1c[nH]c2ccccc12. The van der Waals surface area contributed by atoms with Gasteiger partial charge in [0.15, 0.2) is 0 Å². The summed E-state index contributed by atoms with van der Waals surface area (Å²) in [6, 6.07) is 7.98. The number of H-pyrrole nitrogens is 2. The van der Waals surface area contributed by atoms with Gasteiger partial charge in [-0.3, -0.25) is 4.79 Å². The molecule has 1 amide bonds. The summed E-state index contributed by atoms with van der Waals surface area (Å²) in [5.74, 6) is -0.00264. The number of carbonyl (C=O) groups excluding carboxylic acids is 1. The normalized spacial score (nSPS) is 10.8. The van der Waals surface area contributed by atoms with Crippen LogP contribution >= 0.6 is 0 Å². The Morgan fingerprint density at radius 2 is 2.15 bits per heavy atom. The number of nitrogens with one attached hydrogen (secondary N) is 3. The number of hydrogen-bond acceptors (Lipinski definition) is 2. The molecule has 20 heavy (non-hydrogen) atoms. The predicted octanol–water partition coefficient (Wildman–Crippen LogP) is 2.06. The van der Waals surface area contributed by atoms with E-state index < -0.39 is 0 Å². The highest BCUT2D eigenvalue weighted by Crippen LogP contribution is 2.17. The summed E-state index contributed by atoms with van der Waals surface area (Å²) in [5.41, 5.74) is 3.92. The average Bonchev–Trinajstić information content (AvgIpc) is 3.04. The lowest BCUT2D eigenvalue weighted by molar-refractivity contribution is -0.120. The molecule has 0 aliphatic rings. The molecule has 0 unspecified atom stereocenters. The number of hydrogen-bond donors (Lipinski definition) is 3. The Balaban J connectivity index is 1.66. The molecular weight excluding hydrogens is 252 g/mol. The summed E-state index contributed by atoms with van der Waals surface area (Å²) in [4.78, 5) is 22.3. The second kappa shape index (κ2) is 5.21. The van der Waals surface area contributed by atoms with Gasteiger partial charge in [0.2, 0.25) is 5.91 Å². The van der Waals surface area contributed by atoms with Gasteiger partial charge in [-0.2, -0.15) is 0 Å². The molecule has 3 N–H and O–H groups in total. The maximum Gasteiger partial charge on any atom is 0.224 e. The first kappa shape index (κ1) is 12.5. The van der Waals surface area contributed by atoms with E-state index in [0.717, 1.165) is 27.9 Å². The zero-order valence-corrected chi connectivity index (χ0v) is 11.2. The van der Waals surface area contributed by atoms with Crippen molar-refractivity contribution in [2.45, 2.75) is 19.9 Å². The summed E-state index contributed by atoms with van der Waals surface area (Å²) in [6.45, 7) is 2.39. The summed E-state index contributed by atoms with van der Waals surface area (Å²) in [5, 5.41) is 3.99. The Morgan fingerprint density at radius 3 is 2.95 bits per heavy atom. The van der Waals surface area contributed by atoms with Crippen LogP contribution in [0.2, 0.25) is 0 Å². The molecule has 0 fully saturated rings. The van der Waals surface area contributed by atoms with Gasteiger partial charge < -0.3 is 15.3 Å². The number of rotatable bonds is 4. The monoisotopic (exact) mass is 268 g/mol. The molecule has 3 aromatic rings. The molecule has 1 aromatic carbocycles. The lowest BCUT2D eigenvalue weighted by Crippen LogP contribution is -2.25. The number of aryl methyl sites for hydroxylation is 1. The Bertz CT molecular complexity index is 741. The van der Waals surface area contributed by atoms with E-state index in [2.05, 4.69) is 20.3 Å². The minimum atomic E-state index is -0.00264. The van der Waals surface area contributed by atoms with Crippen LogP contribution in [0.1, 0.15) is 17.0 Å². The predicted molar refractivity (Wildman–Crippen MR) is 77.2 cm³/mol. The number of nitrogens with zero attached hydrogens (tertiary/aromatic N) is 1. The smallest absolute Gasteiger partial charge is 0.224 e. The highest BCUT2D eigenvalue weighted by molar-refractivity contribution is 5.88. The van der Waals surface area contributed by atoms with Gasteiger partial charge in [0.1, 0.15) is 0 Å². The van der Waals surface area contributed by atoms with E-state index in [0.29, 0.717) is 13.0 Å². The van der Waals surface area contributed by atoms with Crippen LogP contribution in [-0.2, 0) is 17.8 Å². The van der Waals surface area contributed by atoms with Gasteiger partial charge in [-0.15, -0.1) is 0 Å². The number of amides is 1. The van der Waals surface area contributed by atoms with Gasteiger partial charge in [0, 0.05) is 22.8 Å². The standard InChI is InChI=1S/C15H16N4O/c1-10-14(19-9-18-10)8-17-15(20)6-11-7-16-13-5-3-2-4-12(11)13/h2-5,7,9,16H,6,8H2,1H3,(H,17,20)(H,18,19). The molecule has 2 aromatic heterocycles. The number of benzene rings is 1. The van der Waals surface area contributed by atoms with E-state index in [4.69, 9.17) is 0 Å². The number of carbonyl (C=O) groups is 1. The largest absolute Gasteiger partial charge is 0.361 e. The van der Waals surface area contributed by atoms with E-state index >= 15 is 0 Å². The molecule has 5 heteroatoms. The first-order valence-electron chi connectivity index (χ1n) is 6.54. The number of fused-ring (bicyclic) bond motifs is 1.